The number of anilines is 2. The number of rotatable bonds is 6. The third-order valence-corrected chi connectivity index (χ3v) is 2.73. The molecule has 1 rings (SSSR count). The van der Waals surface area contributed by atoms with E-state index in [-0.39, 0.29) is 11.9 Å². The number of hydrogen-bond acceptors (Lipinski definition) is 5. The van der Waals surface area contributed by atoms with Gasteiger partial charge in [-0.1, -0.05) is 23.2 Å². The summed E-state index contributed by atoms with van der Waals surface area (Å²) in [4.78, 5) is 4.05. The van der Waals surface area contributed by atoms with Crippen LogP contribution in [0.15, 0.2) is 6.07 Å². The molecule has 0 aliphatic heterocycles. The summed E-state index contributed by atoms with van der Waals surface area (Å²) in [6, 6.07) is 1.55. The lowest BCUT2D eigenvalue weighted by Crippen LogP contribution is -2.27. The van der Waals surface area contributed by atoms with E-state index >= 15 is 0 Å². The van der Waals surface area contributed by atoms with Gasteiger partial charge in [0.25, 0.3) is 0 Å². The van der Waals surface area contributed by atoms with Crippen LogP contribution in [0, 0.1) is 0 Å². The standard InChI is InChI=1S/C10H15Cl2N3O2/c1-16-5-6(17-2)4-14-10-8(12)3-7(11)9(13)15-10/h3,6H,4-5H2,1-2H3,(H3,13,14,15). The fourth-order valence-corrected chi connectivity index (χ4v) is 1.64. The van der Waals surface area contributed by atoms with Crippen molar-refractivity contribution in [2.45, 2.75) is 6.10 Å². The van der Waals surface area contributed by atoms with E-state index < -0.39 is 0 Å². The number of nitrogens with two attached hydrogens (primary N) is 1. The van der Waals surface area contributed by atoms with Gasteiger partial charge in [-0.2, -0.15) is 0 Å². The van der Waals surface area contributed by atoms with E-state index in [2.05, 4.69) is 10.3 Å². The fraction of sp³-hybridized carbons (Fsp3) is 0.500. The summed E-state index contributed by atoms with van der Waals surface area (Å²) >= 11 is 11.7. The number of pyridine rings is 1. The van der Waals surface area contributed by atoms with Crippen LogP contribution in [0.1, 0.15) is 0 Å². The van der Waals surface area contributed by atoms with Gasteiger partial charge in [0, 0.05) is 20.8 Å². The Morgan fingerprint density at radius 1 is 1.41 bits per heavy atom. The Morgan fingerprint density at radius 3 is 2.71 bits per heavy atom. The van der Waals surface area contributed by atoms with Crippen LogP contribution in [0.2, 0.25) is 10.0 Å². The van der Waals surface area contributed by atoms with Crippen LogP contribution in [0.5, 0.6) is 0 Å². The van der Waals surface area contributed by atoms with E-state index in [0.29, 0.717) is 29.0 Å². The van der Waals surface area contributed by atoms with Gasteiger partial charge in [0.15, 0.2) is 0 Å². The molecule has 17 heavy (non-hydrogen) atoms. The third kappa shape index (κ3) is 4.20. The minimum atomic E-state index is -0.0882. The van der Waals surface area contributed by atoms with Crippen molar-refractivity contribution in [1.29, 1.82) is 0 Å². The van der Waals surface area contributed by atoms with Crippen molar-refractivity contribution in [3.05, 3.63) is 16.1 Å². The molecule has 5 nitrogen and oxygen atoms in total. The molecule has 0 amide bonds. The van der Waals surface area contributed by atoms with Crippen LogP contribution >= 0.6 is 23.2 Å². The van der Waals surface area contributed by atoms with E-state index in [0.717, 1.165) is 0 Å². The minimum Gasteiger partial charge on any atom is -0.382 e. The second kappa shape index (κ2) is 6.86. The molecule has 0 spiro atoms. The first-order valence-electron chi connectivity index (χ1n) is 4.95. The molecule has 0 radical (unpaired) electrons. The fourth-order valence-electron chi connectivity index (χ4n) is 1.21. The molecule has 1 heterocycles. The minimum absolute atomic E-state index is 0.0882. The van der Waals surface area contributed by atoms with Crippen LogP contribution < -0.4 is 11.1 Å². The monoisotopic (exact) mass is 279 g/mol. The Bertz CT molecular complexity index is 377. The van der Waals surface area contributed by atoms with E-state index in [1.165, 1.54) is 0 Å². The van der Waals surface area contributed by atoms with Crippen molar-refractivity contribution in [3.63, 3.8) is 0 Å². The lowest BCUT2D eigenvalue weighted by Gasteiger charge is -2.16. The summed E-state index contributed by atoms with van der Waals surface area (Å²) in [5.41, 5.74) is 5.59. The SMILES string of the molecule is COCC(CNc1nc(N)c(Cl)cc1Cl)OC. The number of ether oxygens (including phenoxy) is 2. The zero-order valence-electron chi connectivity index (χ0n) is 9.67. The number of nitrogen functional groups attached to an aromatic ring is 1. The second-order valence-corrected chi connectivity index (χ2v) is 4.19. The zero-order valence-corrected chi connectivity index (χ0v) is 11.2. The summed E-state index contributed by atoms with van der Waals surface area (Å²) in [7, 11) is 3.22. The number of hydrogen-bond donors (Lipinski definition) is 2. The molecule has 1 aromatic heterocycles. The predicted octanol–water partition coefficient (Wildman–Crippen LogP) is 2.04. The highest BCUT2D eigenvalue weighted by Gasteiger charge is 2.10. The first-order chi connectivity index (χ1) is 8.08. The highest BCUT2D eigenvalue weighted by atomic mass is 35.5. The maximum Gasteiger partial charge on any atom is 0.147 e. The van der Waals surface area contributed by atoms with Crippen LogP contribution in [-0.4, -0.2) is 38.5 Å². The van der Waals surface area contributed by atoms with Gasteiger partial charge in [-0.05, 0) is 6.07 Å². The average Bonchev–Trinajstić information content (AvgIpc) is 2.30. The number of nitrogens with one attached hydrogen (secondary N) is 1. The smallest absolute Gasteiger partial charge is 0.147 e. The summed E-state index contributed by atoms with van der Waals surface area (Å²) < 4.78 is 10.2. The summed E-state index contributed by atoms with van der Waals surface area (Å²) in [6.07, 6.45) is -0.0882. The van der Waals surface area contributed by atoms with Crippen molar-refractivity contribution >= 4 is 34.8 Å². The lowest BCUT2D eigenvalue weighted by molar-refractivity contribution is 0.0365. The normalized spacial score (nSPS) is 12.5. The van der Waals surface area contributed by atoms with E-state index in [9.17, 15) is 0 Å². The van der Waals surface area contributed by atoms with Crippen molar-refractivity contribution in [2.24, 2.45) is 0 Å². The Labute approximate surface area is 110 Å². The topological polar surface area (TPSA) is 69.4 Å². The maximum atomic E-state index is 5.97. The molecule has 0 aliphatic rings. The molecule has 1 atom stereocenters. The van der Waals surface area contributed by atoms with Gasteiger partial charge in [0.05, 0.1) is 22.8 Å². The van der Waals surface area contributed by atoms with Gasteiger partial charge in [-0.15, -0.1) is 0 Å². The molecule has 96 valence electrons. The molecule has 0 saturated heterocycles. The van der Waals surface area contributed by atoms with Crippen LogP contribution in [0.25, 0.3) is 0 Å². The largest absolute Gasteiger partial charge is 0.382 e. The number of methoxy groups -OCH3 is 2. The van der Waals surface area contributed by atoms with Gasteiger partial charge in [-0.3, -0.25) is 0 Å². The highest BCUT2D eigenvalue weighted by molar-refractivity contribution is 6.37. The number of halogens is 2. The zero-order chi connectivity index (χ0) is 12.8. The Morgan fingerprint density at radius 2 is 2.12 bits per heavy atom. The van der Waals surface area contributed by atoms with Crippen LogP contribution in [0.3, 0.4) is 0 Å². The maximum absolute atomic E-state index is 5.97. The van der Waals surface area contributed by atoms with Crippen molar-refractivity contribution in [2.75, 3.05) is 38.4 Å². The molecule has 7 heteroatoms. The number of nitrogens with zero attached hydrogens (tertiary/aromatic N) is 1. The second-order valence-electron chi connectivity index (χ2n) is 3.38. The molecule has 0 aliphatic carbocycles. The quantitative estimate of drug-likeness (QED) is 0.834. The molecule has 1 unspecified atom stereocenters. The van der Waals surface area contributed by atoms with Crippen LogP contribution in [0.4, 0.5) is 11.6 Å². The third-order valence-electron chi connectivity index (χ3n) is 2.14. The van der Waals surface area contributed by atoms with E-state index in [4.69, 9.17) is 38.4 Å². The Kier molecular flexibility index (Phi) is 5.77. The average molecular weight is 280 g/mol. The molecule has 0 fully saturated rings. The molecule has 0 bridgehead atoms. The lowest BCUT2D eigenvalue weighted by atomic mass is 10.3. The van der Waals surface area contributed by atoms with E-state index in [1.54, 1.807) is 20.3 Å². The molecular formula is C10H15Cl2N3O2. The Hall–Kier alpha value is -0.750. The molecular weight excluding hydrogens is 265 g/mol. The predicted molar refractivity (Wildman–Crippen MR) is 69.8 cm³/mol. The van der Waals surface area contributed by atoms with Crippen molar-refractivity contribution in [3.8, 4) is 0 Å². The summed E-state index contributed by atoms with van der Waals surface area (Å²) in [5, 5.41) is 3.78. The first kappa shape index (κ1) is 14.3. The van der Waals surface area contributed by atoms with Gasteiger partial charge < -0.3 is 20.5 Å². The molecule has 3 N–H and O–H groups in total. The highest BCUT2D eigenvalue weighted by Crippen LogP contribution is 2.27. The first-order valence-corrected chi connectivity index (χ1v) is 5.71. The van der Waals surface area contributed by atoms with E-state index in [1.807, 2.05) is 0 Å². The molecule has 0 saturated carbocycles. The summed E-state index contributed by atoms with van der Waals surface area (Å²) in [5.74, 6) is 0.714. The molecule has 1 aromatic rings. The van der Waals surface area contributed by atoms with Gasteiger partial charge >= 0.3 is 0 Å². The van der Waals surface area contributed by atoms with Crippen LogP contribution in [-0.2, 0) is 9.47 Å². The summed E-state index contributed by atoms with van der Waals surface area (Å²) in [6.45, 7) is 0.988. The molecule has 0 aromatic carbocycles. The Balaban J connectivity index is 2.65. The van der Waals surface area contributed by atoms with Gasteiger partial charge in [0.2, 0.25) is 0 Å². The van der Waals surface area contributed by atoms with Gasteiger partial charge in [0.1, 0.15) is 11.6 Å². The number of aromatic nitrogens is 1. The van der Waals surface area contributed by atoms with Gasteiger partial charge in [-0.25, -0.2) is 4.98 Å². The van der Waals surface area contributed by atoms with Crippen molar-refractivity contribution < 1.29 is 9.47 Å². The van der Waals surface area contributed by atoms with Crippen molar-refractivity contribution in [1.82, 2.24) is 4.98 Å².